The highest BCUT2D eigenvalue weighted by Gasteiger charge is 2.00. The van der Waals surface area contributed by atoms with Gasteiger partial charge in [0.15, 0.2) is 0 Å². The molecule has 0 spiro atoms. The third-order valence-electron chi connectivity index (χ3n) is 2.39. The van der Waals surface area contributed by atoms with Crippen molar-refractivity contribution in [1.29, 1.82) is 0 Å². The largest absolute Gasteiger partial charge is 0.311 e. The van der Waals surface area contributed by atoms with E-state index >= 15 is 0 Å². The van der Waals surface area contributed by atoms with E-state index in [-0.39, 0.29) is 0 Å². The summed E-state index contributed by atoms with van der Waals surface area (Å²) >= 11 is 0. The Labute approximate surface area is 101 Å². The van der Waals surface area contributed by atoms with Crippen LogP contribution in [0, 0.1) is 0 Å². The van der Waals surface area contributed by atoms with Crippen LogP contribution in [0.25, 0.3) is 0 Å². The van der Waals surface area contributed by atoms with Crippen LogP contribution in [-0.2, 0) is 13.1 Å². The number of hydrogen-bond acceptors (Lipinski definition) is 4. The lowest BCUT2D eigenvalue weighted by atomic mass is 10.3. The number of nitrogens with one attached hydrogen (secondary N) is 1. The molecule has 0 saturated carbocycles. The number of rotatable bonds is 6. The predicted molar refractivity (Wildman–Crippen MR) is 65.4 cm³/mol. The van der Waals surface area contributed by atoms with Gasteiger partial charge in [0.25, 0.3) is 0 Å². The Hall–Kier alpha value is -1.75. The Morgan fingerprint density at radius 1 is 1.41 bits per heavy atom. The molecule has 0 aliphatic rings. The van der Waals surface area contributed by atoms with E-state index in [1.165, 1.54) is 0 Å². The lowest BCUT2D eigenvalue weighted by Gasteiger charge is -1.99. The van der Waals surface area contributed by atoms with Gasteiger partial charge in [-0.3, -0.25) is 4.98 Å². The van der Waals surface area contributed by atoms with Gasteiger partial charge in [-0.25, -0.2) is 4.68 Å². The van der Waals surface area contributed by atoms with Crippen molar-refractivity contribution < 1.29 is 0 Å². The lowest BCUT2D eigenvalue weighted by Crippen LogP contribution is -2.13. The SMILES string of the molecule is CCCNCc1cn(Cc2cccnc2)nn1. The fourth-order valence-corrected chi connectivity index (χ4v) is 1.57. The van der Waals surface area contributed by atoms with Crippen molar-refractivity contribution in [3.8, 4) is 0 Å². The summed E-state index contributed by atoms with van der Waals surface area (Å²) in [5.41, 5.74) is 2.10. The standard InChI is InChI=1S/C12H17N5/c1-2-5-13-8-12-10-17(16-15-12)9-11-4-3-6-14-7-11/h3-4,6-7,10,13H,2,5,8-9H2,1H3. The summed E-state index contributed by atoms with van der Waals surface area (Å²) in [6, 6.07) is 3.96. The quantitative estimate of drug-likeness (QED) is 0.759. The Bertz CT molecular complexity index is 437. The maximum Gasteiger partial charge on any atom is 0.0964 e. The van der Waals surface area contributed by atoms with Crippen LogP contribution in [0.4, 0.5) is 0 Å². The summed E-state index contributed by atoms with van der Waals surface area (Å²) in [4.78, 5) is 4.07. The maximum absolute atomic E-state index is 4.11. The summed E-state index contributed by atoms with van der Waals surface area (Å²) in [6.07, 6.45) is 6.71. The van der Waals surface area contributed by atoms with Gasteiger partial charge in [-0.05, 0) is 24.6 Å². The first kappa shape index (κ1) is 11.7. The zero-order chi connectivity index (χ0) is 11.9. The number of nitrogens with zero attached hydrogens (tertiary/aromatic N) is 4. The van der Waals surface area contributed by atoms with Crippen molar-refractivity contribution in [3.05, 3.63) is 42.0 Å². The summed E-state index contributed by atoms with van der Waals surface area (Å²) < 4.78 is 1.83. The number of hydrogen-bond donors (Lipinski definition) is 1. The van der Waals surface area contributed by atoms with E-state index in [4.69, 9.17) is 0 Å². The second-order valence-corrected chi connectivity index (χ2v) is 3.95. The Morgan fingerprint density at radius 2 is 2.35 bits per heavy atom. The van der Waals surface area contributed by atoms with Crippen molar-refractivity contribution in [2.45, 2.75) is 26.4 Å². The van der Waals surface area contributed by atoms with Crippen molar-refractivity contribution in [2.24, 2.45) is 0 Å². The average Bonchev–Trinajstić information content (AvgIpc) is 2.79. The predicted octanol–water partition coefficient (Wildman–Crippen LogP) is 1.22. The third kappa shape index (κ3) is 3.64. The molecule has 0 bridgehead atoms. The lowest BCUT2D eigenvalue weighted by molar-refractivity contribution is 0.644. The maximum atomic E-state index is 4.11. The normalized spacial score (nSPS) is 10.6. The first-order valence-corrected chi connectivity index (χ1v) is 5.87. The molecule has 0 aliphatic carbocycles. The molecular weight excluding hydrogens is 214 g/mol. The van der Waals surface area contributed by atoms with Crippen LogP contribution in [-0.4, -0.2) is 26.5 Å². The summed E-state index contributed by atoms with van der Waals surface area (Å²) in [5.74, 6) is 0. The molecule has 90 valence electrons. The van der Waals surface area contributed by atoms with Gasteiger partial charge in [-0.15, -0.1) is 5.10 Å². The highest BCUT2D eigenvalue weighted by molar-refractivity contribution is 5.08. The minimum Gasteiger partial charge on any atom is -0.311 e. The minimum atomic E-state index is 0.717. The van der Waals surface area contributed by atoms with Gasteiger partial charge >= 0.3 is 0 Å². The van der Waals surface area contributed by atoms with E-state index in [1.807, 2.05) is 29.2 Å². The van der Waals surface area contributed by atoms with Gasteiger partial charge in [-0.1, -0.05) is 18.2 Å². The first-order valence-electron chi connectivity index (χ1n) is 5.87. The molecule has 0 saturated heterocycles. The van der Waals surface area contributed by atoms with Gasteiger partial charge in [-0.2, -0.15) is 0 Å². The fourth-order valence-electron chi connectivity index (χ4n) is 1.57. The smallest absolute Gasteiger partial charge is 0.0964 e. The first-order chi connectivity index (χ1) is 8.38. The molecule has 0 fully saturated rings. The molecule has 2 rings (SSSR count). The Kier molecular flexibility index (Phi) is 4.21. The second kappa shape index (κ2) is 6.10. The van der Waals surface area contributed by atoms with Gasteiger partial charge < -0.3 is 5.32 Å². The number of aromatic nitrogens is 4. The van der Waals surface area contributed by atoms with Crippen molar-refractivity contribution in [3.63, 3.8) is 0 Å². The van der Waals surface area contributed by atoms with Gasteiger partial charge in [0.05, 0.1) is 18.4 Å². The van der Waals surface area contributed by atoms with E-state index in [2.05, 4.69) is 27.5 Å². The zero-order valence-electron chi connectivity index (χ0n) is 10.0. The van der Waals surface area contributed by atoms with Crippen LogP contribution in [0.5, 0.6) is 0 Å². The highest BCUT2D eigenvalue weighted by Crippen LogP contribution is 2.00. The van der Waals surface area contributed by atoms with Gasteiger partial charge in [0, 0.05) is 18.9 Å². The molecule has 17 heavy (non-hydrogen) atoms. The fraction of sp³-hybridized carbons (Fsp3) is 0.417. The summed E-state index contributed by atoms with van der Waals surface area (Å²) in [6.45, 7) is 4.65. The van der Waals surface area contributed by atoms with Gasteiger partial charge in [0.2, 0.25) is 0 Å². The Balaban J connectivity index is 1.90. The second-order valence-electron chi connectivity index (χ2n) is 3.95. The Morgan fingerprint density at radius 3 is 3.12 bits per heavy atom. The van der Waals surface area contributed by atoms with E-state index in [0.29, 0.717) is 6.54 Å². The molecule has 5 heteroatoms. The molecule has 5 nitrogen and oxygen atoms in total. The van der Waals surface area contributed by atoms with Crippen molar-refractivity contribution in [1.82, 2.24) is 25.3 Å². The van der Waals surface area contributed by atoms with E-state index in [1.54, 1.807) is 6.20 Å². The van der Waals surface area contributed by atoms with Crippen LogP contribution in [0.3, 0.4) is 0 Å². The molecule has 2 aromatic heterocycles. The van der Waals surface area contributed by atoms with Crippen LogP contribution in [0.15, 0.2) is 30.7 Å². The molecule has 0 radical (unpaired) electrons. The highest BCUT2D eigenvalue weighted by atomic mass is 15.4. The van der Waals surface area contributed by atoms with Crippen LogP contribution in [0.1, 0.15) is 24.6 Å². The van der Waals surface area contributed by atoms with Crippen LogP contribution < -0.4 is 5.32 Å². The molecular formula is C12H17N5. The van der Waals surface area contributed by atoms with Crippen LogP contribution in [0.2, 0.25) is 0 Å². The van der Waals surface area contributed by atoms with Crippen molar-refractivity contribution in [2.75, 3.05) is 6.54 Å². The van der Waals surface area contributed by atoms with E-state index in [0.717, 1.165) is 30.8 Å². The average molecular weight is 231 g/mol. The molecule has 0 atom stereocenters. The van der Waals surface area contributed by atoms with Gasteiger partial charge in [0.1, 0.15) is 0 Å². The summed E-state index contributed by atoms with van der Waals surface area (Å²) in [5, 5.41) is 11.5. The molecule has 0 aromatic carbocycles. The van der Waals surface area contributed by atoms with E-state index in [9.17, 15) is 0 Å². The molecule has 1 N–H and O–H groups in total. The van der Waals surface area contributed by atoms with Crippen LogP contribution >= 0.6 is 0 Å². The van der Waals surface area contributed by atoms with Crippen molar-refractivity contribution >= 4 is 0 Å². The molecule has 0 unspecified atom stereocenters. The topological polar surface area (TPSA) is 55.6 Å². The monoisotopic (exact) mass is 231 g/mol. The zero-order valence-corrected chi connectivity index (χ0v) is 10.0. The third-order valence-corrected chi connectivity index (χ3v) is 2.39. The molecule has 0 amide bonds. The molecule has 2 aromatic rings. The molecule has 2 heterocycles. The van der Waals surface area contributed by atoms with E-state index < -0.39 is 0 Å². The minimum absolute atomic E-state index is 0.717. The summed E-state index contributed by atoms with van der Waals surface area (Å²) in [7, 11) is 0. The molecule has 0 aliphatic heterocycles. The number of pyridine rings is 1.